The first-order valence-corrected chi connectivity index (χ1v) is 8.01. The monoisotopic (exact) mass is 344 g/mol. The molecule has 0 bridgehead atoms. The van der Waals surface area contributed by atoms with Gasteiger partial charge in [0.25, 0.3) is 0 Å². The molecule has 0 aliphatic carbocycles. The van der Waals surface area contributed by atoms with Crippen LogP contribution >= 0.6 is 0 Å². The first kappa shape index (κ1) is 17.1. The molecule has 25 heavy (non-hydrogen) atoms. The number of carbonyl (C=O) groups is 2. The Bertz CT molecular complexity index is 810. The minimum absolute atomic E-state index is 0.0114. The molecule has 4 nitrogen and oxygen atoms in total. The molecule has 130 valence electrons. The third kappa shape index (κ3) is 3.38. The highest BCUT2D eigenvalue weighted by Gasteiger charge is 2.49. The number of halogens is 2. The lowest BCUT2D eigenvalue weighted by Crippen LogP contribution is -2.66. The summed E-state index contributed by atoms with van der Waals surface area (Å²) in [4.78, 5) is 26.5. The van der Waals surface area contributed by atoms with Gasteiger partial charge in [-0.2, -0.15) is 0 Å². The Balaban J connectivity index is 1.71. The summed E-state index contributed by atoms with van der Waals surface area (Å²) in [7, 11) is 0. The van der Waals surface area contributed by atoms with E-state index in [0.717, 1.165) is 18.2 Å². The maximum Gasteiger partial charge on any atom is 0.250 e. The Morgan fingerprint density at radius 2 is 1.88 bits per heavy atom. The summed E-state index contributed by atoms with van der Waals surface area (Å²) in [6.07, 6.45) is 0.237. The molecule has 3 rings (SSSR count). The standard InChI is InChI=1S/C19H18F2N2O2/c1-19(18(25)22-15-5-3-2-4-6-15)9-10-23(19)17(24)12-13-11-14(20)7-8-16(13)21/h2-8,11H,9-10,12H2,1H3,(H,22,25). The highest BCUT2D eigenvalue weighted by molar-refractivity contribution is 6.01. The zero-order valence-electron chi connectivity index (χ0n) is 13.8. The molecule has 0 aromatic heterocycles. The van der Waals surface area contributed by atoms with Gasteiger partial charge in [-0.1, -0.05) is 18.2 Å². The van der Waals surface area contributed by atoms with Gasteiger partial charge in [0.05, 0.1) is 6.42 Å². The van der Waals surface area contributed by atoms with E-state index in [1.807, 2.05) is 6.07 Å². The van der Waals surface area contributed by atoms with Crippen molar-refractivity contribution in [2.45, 2.75) is 25.3 Å². The van der Waals surface area contributed by atoms with Gasteiger partial charge in [-0.25, -0.2) is 8.78 Å². The number of nitrogens with one attached hydrogen (secondary N) is 1. The summed E-state index contributed by atoms with van der Waals surface area (Å²) in [6, 6.07) is 12.0. The van der Waals surface area contributed by atoms with Crippen LogP contribution in [-0.4, -0.2) is 28.8 Å². The number of amides is 2. The number of nitrogens with zero attached hydrogens (tertiary/aromatic N) is 1. The fourth-order valence-electron chi connectivity index (χ4n) is 2.92. The van der Waals surface area contributed by atoms with Crippen molar-refractivity contribution < 1.29 is 18.4 Å². The maximum absolute atomic E-state index is 13.7. The van der Waals surface area contributed by atoms with Crippen LogP contribution in [0.4, 0.5) is 14.5 Å². The number of likely N-dealkylation sites (tertiary alicyclic amines) is 1. The Kier molecular flexibility index (Phi) is 4.53. The molecule has 2 aromatic rings. The quantitative estimate of drug-likeness (QED) is 0.926. The van der Waals surface area contributed by atoms with Gasteiger partial charge in [-0.3, -0.25) is 9.59 Å². The van der Waals surface area contributed by atoms with E-state index in [1.54, 1.807) is 31.2 Å². The van der Waals surface area contributed by atoms with Gasteiger partial charge in [0.2, 0.25) is 11.8 Å². The van der Waals surface area contributed by atoms with Crippen molar-refractivity contribution in [1.82, 2.24) is 4.90 Å². The summed E-state index contributed by atoms with van der Waals surface area (Å²) < 4.78 is 27.0. The topological polar surface area (TPSA) is 49.4 Å². The fourth-order valence-corrected chi connectivity index (χ4v) is 2.92. The Morgan fingerprint density at radius 1 is 1.16 bits per heavy atom. The lowest BCUT2D eigenvalue weighted by molar-refractivity contribution is -0.154. The largest absolute Gasteiger partial charge is 0.328 e. The van der Waals surface area contributed by atoms with E-state index in [9.17, 15) is 18.4 Å². The predicted octanol–water partition coefficient (Wildman–Crippen LogP) is 3.14. The van der Waals surface area contributed by atoms with Crippen molar-refractivity contribution >= 4 is 17.5 Å². The van der Waals surface area contributed by atoms with Crippen LogP contribution in [0.1, 0.15) is 18.9 Å². The van der Waals surface area contributed by atoms with Gasteiger partial charge in [0, 0.05) is 17.8 Å². The van der Waals surface area contributed by atoms with Crippen LogP contribution in [0.2, 0.25) is 0 Å². The van der Waals surface area contributed by atoms with Crippen LogP contribution in [0.3, 0.4) is 0 Å². The van der Waals surface area contributed by atoms with E-state index in [1.165, 1.54) is 4.90 Å². The molecule has 1 atom stereocenters. The third-order valence-electron chi connectivity index (χ3n) is 4.59. The molecule has 2 amide bonds. The third-order valence-corrected chi connectivity index (χ3v) is 4.59. The van der Waals surface area contributed by atoms with E-state index < -0.39 is 23.1 Å². The maximum atomic E-state index is 13.7. The van der Waals surface area contributed by atoms with Crippen LogP contribution in [0.15, 0.2) is 48.5 Å². The summed E-state index contributed by atoms with van der Waals surface area (Å²) in [5.41, 5.74) is -0.358. The number of rotatable bonds is 4. The zero-order valence-corrected chi connectivity index (χ0v) is 13.8. The highest BCUT2D eigenvalue weighted by Crippen LogP contribution is 2.32. The summed E-state index contributed by atoms with van der Waals surface area (Å²) in [5, 5.41) is 2.79. The van der Waals surface area contributed by atoms with Crippen molar-refractivity contribution in [3.05, 3.63) is 65.7 Å². The lowest BCUT2D eigenvalue weighted by Gasteiger charge is -2.49. The van der Waals surface area contributed by atoms with Crippen LogP contribution in [-0.2, 0) is 16.0 Å². The van der Waals surface area contributed by atoms with Gasteiger partial charge >= 0.3 is 0 Å². The van der Waals surface area contributed by atoms with E-state index in [-0.39, 0.29) is 17.9 Å². The minimum Gasteiger partial charge on any atom is -0.328 e. The number of anilines is 1. The summed E-state index contributed by atoms with van der Waals surface area (Å²) in [5.74, 6) is -1.93. The molecule has 0 radical (unpaired) electrons. The van der Waals surface area contributed by atoms with Gasteiger partial charge in [0.15, 0.2) is 0 Å². The molecule has 1 N–H and O–H groups in total. The first-order chi connectivity index (χ1) is 11.9. The average Bonchev–Trinajstić information content (AvgIpc) is 2.57. The molecule has 1 heterocycles. The molecule has 1 unspecified atom stereocenters. The van der Waals surface area contributed by atoms with Crippen molar-refractivity contribution in [3.8, 4) is 0 Å². The number of carbonyl (C=O) groups excluding carboxylic acids is 2. The van der Waals surface area contributed by atoms with Crippen LogP contribution in [0.25, 0.3) is 0 Å². The smallest absolute Gasteiger partial charge is 0.250 e. The van der Waals surface area contributed by atoms with Crippen molar-refractivity contribution in [2.24, 2.45) is 0 Å². The minimum atomic E-state index is -0.989. The zero-order chi connectivity index (χ0) is 18.0. The van der Waals surface area contributed by atoms with E-state index in [2.05, 4.69) is 5.32 Å². The molecule has 0 saturated carbocycles. The predicted molar refractivity (Wildman–Crippen MR) is 89.9 cm³/mol. The second-order valence-electron chi connectivity index (χ2n) is 6.30. The second-order valence-corrected chi connectivity index (χ2v) is 6.30. The van der Waals surface area contributed by atoms with E-state index >= 15 is 0 Å². The second kappa shape index (κ2) is 6.63. The van der Waals surface area contributed by atoms with Gasteiger partial charge in [0.1, 0.15) is 17.2 Å². The molecular formula is C19H18F2N2O2. The average molecular weight is 344 g/mol. The summed E-state index contributed by atoms with van der Waals surface area (Å²) in [6.45, 7) is 2.09. The van der Waals surface area contributed by atoms with Gasteiger partial charge < -0.3 is 10.2 Å². The molecule has 1 aliphatic heterocycles. The Morgan fingerprint density at radius 3 is 2.52 bits per heavy atom. The van der Waals surface area contributed by atoms with E-state index in [0.29, 0.717) is 18.7 Å². The first-order valence-electron chi connectivity index (χ1n) is 8.01. The molecule has 0 spiro atoms. The molecule has 1 fully saturated rings. The normalized spacial score (nSPS) is 19.2. The number of hydrogen-bond acceptors (Lipinski definition) is 2. The summed E-state index contributed by atoms with van der Waals surface area (Å²) >= 11 is 0. The van der Waals surface area contributed by atoms with Gasteiger partial charge in [-0.05, 0) is 43.7 Å². The molecule has 1 saturated heterocycles. The van der Waals surface area contributed by atoms with Crippen molar-refractivity contribution in [1.29, 1.82) is 0 Å². The lowest BCUT2D eigenvalue weighted by atomic mass is 9.84. The molecule has 2 aromatic carbocycles. The van der Waals surface area contributed by atoms with E-state index in [4.69, 9.17) is 0 Å². The van der Waals surface area contributed by atoms with Crippen molar-refractivity contribution in [2.75, 3.05) is 11.9 Å². The fraction of sp³-hybridized carbons (Fsp3) is 0.263. The van der Waals surface area contributed by atoms with Crippen LogP contribution in [0, 0.1) is 11.6 Å². The Hall–Kier alpha value is -2.76. The molecule has 6 heteroatoms. The number of hydrogen-bond donors (Lipinski definition) is 1. The molecular weight excluding hydrogens is 326 g/mol. The highest BCUT2D eigenvalue weighted by atomic mass is 19.1. The van der Waals surface area contributed by atoms with Crippen molar-refractivity contribution in [3.63, 3.8) is 0 Å². The SMILES string of the molecule is CC1(C(=O)Nc2ccccc2)CCN1C(=O)Cc1cc(F)ccc1F. The Labute approximate surface area is 144 Å². The molecule has 1 aliphatic rings. The van der Waals surface area contributed by atoms with Crippen LogP contribution in [0.5, 0.6) is 0 Å². The number of benzene rings is 2. The number of para-hydroxylation sites is 1. The van der Waals surface area contributed by atoms with Crippen LogP contribution < -0.4 is 5.32 Å². The van der Waals surface area contributed by atoms with Gasteiger partial charge in [-0.15, -0.1) is 0 Å².